The van der Waals surface area contributed by atoms with Gasteiger partial charge in [-0.15, -0.1) is 9.78 Å². The van der Waals surface area contributed by atoms with Gasteiger partial charge in [0.1, 0.15) is 18.6 Å². The number of H-pyrrole nitrogens is 1. The summed E-state index contributed by atoms with van der Waals surface area (Å²) in [5, 5.41) is 22.8. The molecule has 0 saturated carbocycles. The summed E-state index contributed by atoms with van der Waals surface area (Å²) in [5.41, 5.74) is 7.18. The predicted molar refractivity (Wildman–Crippen MR) is 143 cm³/mol. The molecule has 0 saturated heterocycles. The number of carboxylic acids is 1. The van der Waals surface area contributed by atoms with E-state index in [2.05, 4.69) is 25.4 Å². The number of nitrogens with two attached hydrogens (primary N) is 1. The molecule has 1 atom stereocenters. The zero-order valence-corrected chi connectivity index (χ0v) is 21.4. The van der Waals surface area contributed by atoms with Crippen LogP contribution in [0.3, 0.4) is 0 Å². The molecule has 0 amide bonds. The first-order valence-electron chi connectivity index (χ1n) is 12.1. The third kappa shape index (κ3) is 6.59. The number of hydrogen-bond donors (Lipinski definition) is 5. The highest BCUT2D eigenvalue weighted by Gasteiger charge is 2.25. The second-order valence-electron chi connectivity index (χ2n) is 8.55. The number of alkyl halides is 1. The Morgan fingerprint density at radius 1 is 1.23 bits per heavy atom. The van der Waals surface area contributed by atoms with Crippen LogP contribution in [0.2, 0.25) is 0 Å². The van der Waals surface area contributed by atoms with Gasteiger partial charge in [0.2, 0.25) is 0 Å². The van der Waals surface area contributed by atoms with Gasteiger partial charge in [-0.3, -0.25) is 15.2 Å². The summed E-state index contributed by atoms with van der Waals surface area (Å²) in [4.78, 5) is 32.7. The number of rotatable bonds is 7. The Hall–Kier alpha value is -5.27. The van der Waals surface area contributed by atoms with Crippen LogP contribution in [0.25, 0.3) is 5.95 Å². The average molecular weight is 551 g/mol. The van der Waals surface area contributed by atoms with Crippen molar-refractivity contribution in [2.24, 2.45) is 5.73 Å². The molecule has 0 bridgehead atoms. The third-order valence-electron chi connectivity index (χ3n) is 5.58. The second-order valence-corrected chi connectivity index (χ2v) is 8.55. The molecular weight excluding hydrogens is 523 g/mol. The minimum Gasteiger partial charge on any atom is -0.490 e. The minimum atomic E-state index is -0.833. The van der Waals surface area contributed by atoms with Gasteiger partial charge in [-0.2, -0.15) is 0 Å². The fourth-order valence-electron chi connectivity index (χ4n) is 3.86. The first-order valence-corrected chi connectivity index (χ1v) is 12.1. The van der Waals surface area contributed by atoms with Crippen molar-refractivity contribution in [3.8, 4) is 17.4 Å². The maximum absolute atomic E-state index is 14.0. The van der Waals surface area contributed by atoms with Crippen molar-refractivity contribution in [3.05, 3.63) is 87.9 Å². The van der Waals surface area contributed by atoms with Crippen molar-refractivity contribution in [2.45, 2.75) is 26.1 Å². The molecule has 0 spiro atoms. The number of halogens is 1. The molecule has 40 heavy (non-hydrogen) atoms. The Balaban J connectivity index is 0.000000867. The van der Waals surface area contributed by atoms with E-state index in [0.29, 0.717) is 53.5 Å². The number of aromatic nitrogens is 5. The predicted octanol–water partition coefficient (Wildman–Crippen LogP) is 2.56. The SMILES string of the molecule is CC(=O)O.N=C(N)c1ccc(NC(c2cc(CF)c3c(c2)OCCCO3)c2nn(-c3ncccn3)c(=O)[nH]2)cc1. The number of nitrogens with zero attached hydrogens (tertiary/aromatic N) is 4. The zero-order valence-electron chi connectivity index (χ0n) is 21.4. The molecule has 2 aromatic carbocycles. The van der Waals surface area contributed by atoms with E-state index in [1.54, 1.807) is 42.5 Å². The molecule has 13 nitrogen and oxygen atoms in total. The number of hydrogen-bond acceptors (Lipinski definition) is 9. The number of carboxylic acid groups (broad SMARTS) is 1. The molecule has 4 aromatic rings. The number of aromatic amines is 1. The van der Waals surface area contributed by atoms with E-state index in [1.165, 1.54) is 12.4 Å². The Kier molecular flexibility index (Phi) is 8.69. The van der Waals surface area contributed by atoms with Crippen LogP contribution in [-0.2, 0) is 11.5 Å². The zero-order chi connectivity index (χ0) is 28.6. The lowest BCUT2D eigenvalue weighted by Crippen LogP contribution is -2.18. The van der Waals surface area contributed by atoms with Crippen molar-refractivity contribution in [1.29, 1.82) is 5.41 Å². The van der Waals surface area contributed by atoms with Crippen LogP contribution in [-0.4, -0.2) is 54.9 Å². The lowest BCUT2D eigenvalue weighted by Gasteiger charge is -2.21. The van der Waals surface area contributed by atoms with E-state index in [4.69, 9.17) is 30.5 Å². The number of nitrogens with one attached hydrogen (secondary N) is 3. The summed E-state index contributed by atoms with van der Waals surface area (Å²) in [6, 6.07) is 11.2. The number of amidine groups is 1. The molecule has 2 aromatic heterocycles. The summed E-state index contributed by atoms with van der Waals surface area (Å²) >= 11 is 0. The Morgan fingerprint density at radius 3 is 2.55 bits per heavy atom. The van der Waals surface area contributed by atoms with E-state index in [9.17, 15) is 9.18 Å². The number of nitrogen functional groups attached to an aromatic ring is 1. The maximum Gasteiger partial charge on any atom is 0.350 e. The van der Waals surface area contributed by atoms with Gasteiger partial charge in [0, 0.05) is 42.6 Å². The van der Waals surface area contributed by atoms with Gasteiger partial charge in [0.25, 0.3) is 11.9 Å². The van der Waals surface area contributed by atoms with Gasteiger partial charge in [0.05, 0.1) is 13.2 Å². The smallest absolute Gasteiger partial charge is 0.350 e. The van der Waals surface area contributed by atoms with Crippen molar-refractivity contribution in [1.82, 2.24) is 24.7 Å². The van der Waals surface area contributed by atoms with Crippen molar-refractivity contribution in [2.75, 3.05) is 18.5 Å². The maximum atomic E-state index is 14.0. The van der Waals surface area contributed by atoms with Crippen LogP contribution < -0.4 is 26.2 Å². The average Bonchev–Trinajstić information content (AvgIpc) is 3.16. The molecule has 14 heteroatoms. The van der Waals surface area contributed by atoms with Gasteiger partial charge in [-0.1, -0.05) is 0 Å². The van der Waals surface area contributed by atoms with Crippen LogP contribution in [0.15, 0.2) is 59.7 Å². The highest BCUT2D eigenvalue weighted by atomic mass is 19.1. The molecule has 3 heterocycles. The number of fused-ring (bicyclic) bond motifs is 1. The lowest BCUT2D eigenvalue weighted by molar-refractivity contribution is -0.134. The monoisotopic (exact) mass is 550 g/mol. The number of ether oxygens (including phenoxy) is 2. The molecule has 0 aliphatic carbocycles. The van der Waals surface area contributed by atoms with Gasteiger partial charge in [-0.05, 0) is 48.0 Å². The van der Waals surface area contributed by atoms with Gasteiger partial charge < -0.3 is 25.6 Å². The van der Waals surface area contributed by atoms with E-state index < -0.39 is 24.4 Å². The Bertz CT molecular complexity index is 1540. The van der Waals surface area contributed by atoms with E-state index in [1.807, 2.05) is 0 Å². The van der Waals surface area contributed by atoms with Crippen LogP contribution in [0, 0.1) is 5.41 Å². The fraction of sp³-hybridized carbons (Fsp3) is 0.231. The summed E-state index contributed by atoms with van der Waals surface area (Å²) in [6.07, 6.45) is 3.69. The molecule has 208 valence electrons. The standard InChI is InChI=1S/C24H23FN8O3.C2H4O2/c25-13-16-11-15(12-18-20(16)36-10-2-9-35-18)19(30-17-5-3-14(4-6-17)21(26)27)22-31-24(34)33(32-22)23-28-7-1-8-29-23;1-2(3)4/h1,3-8,11-12,19,30H,2,9-10,13H2,(H3,26,27)(H,31,32,34);1H3,(H,3,4). The summed E-state index contributed by atoms with van der Waals surface area (Å²) in [5.74, 6) is 0.268. The van der Waals surface area contributed by atoms with Crippen LogP contribution in [0.5, 0.6) is 11.5 Å². The molecule has 0 radical (unpaired) electrons. The van der Waals surface area contributed by atoms with Crippen LogP contribution >= 0.6 is 0 Å². The summed E-state index contributed by atoms with van der Waals surface area (Å²) in [7, 11) is 0. The lowest BCUT2D eigenvalue weighted by atomic mass is 10.0. The molecular formula is C26H27FN8O5. The van der Waals surface area contributed by atoms with Crippen molar-refractivity contribution >= 4 is 17.5 Å². The van der Waals surface area contributed by atoms with Crippen molar-refractivity contribution in [3.63, 3.8) is 0 Å². The van der Waals surface area contributed by atoms with Gasteiger partial charge >= 0.3 is 5.69 Å². The first kappa shape index (κ1) is 27.8. The number of carbonyl (C=O) groups is 1. The molecule has 1 unspecified atom stereocenters. The second kappa shape index (κ2) is 12.5. The molecule has 0 fully saturated rings. The minimum absolute atomic E-state index is 0.0560. The fourth-order valence-corrected chi connectivity index (χ4v) is 3.86. The Labute approximate surface area is 227 Å². The van der Waals surface area contributed by atoms with E-state index in [0.717, 1.165) is 11.6 Å². The third-order valence-corrected chi connectivity index (χ3v) is 5.58. The summed E-state index contributed by atoms with van der Waals surface area (Å²) < 4.78 is 26.7. The highest BCUT2D eigenvalue weighted by molar-refractivity contribution is 5.95. The van der Waals surface area contributed by atoms with Gasteiger partial charge in [-0.25, -0.2) is 19.2 Å². The largest absolute Gasteiger partial charge is 0.490 e. The van der Waals surface area contributed by atoms with Crippen molar-refractivity contribution < 1.29 is 23.8 Å². The molecule has 1 aliphatic rings. The molecule has 6 N–H and O–H groups in total. The quantitative estimate of drug-likeness (QED) is 0.169. The first-order chi connectivity index (χ1) is 19.3. The highest BCUT2D eigenvalue weighted by Crippen LogP contribution is 2.38. The van der Waals surface area contributed by atoms with E-state index in [-0.39, 0.29) is 17.6 Å². The normalized spacial score (nSPS) is 12.8. The number of anilines is 1. The Morgan fingerprint density at radius 2 is 1.90 bits per heavy atom. The number of benzene rings is 2. The van der Waals surface area contributed by atoms with Crippen LogP contribution in [0.4, 0.5) is 10.1 Å². The number of aliphatic carboxylic acids is 1. The molecule has 5 rings (SSSR count). The summed E-state index contributed by atoms with van der Waals surface area (Å²) in [6.45, 7) is 1.18. The van der Waals surface area contributed by atoms with Crippen LogP contribution in [0.1, 0.15) is 41.9 Å². The topological polar surface area (TPSA) is 194 Å². The van der Waals surface area contributed by atoms with Gasteiger partial charge in [0.15, 0.2) is 17.3 Å². The molecule has 1 aliphatic heterocycles. The van der Waals surface area contributed by atoms with E-state index >= 15 is 0 Å².